The summed E-state index contributed by atoms with van der Waals surface area (Å²) < 4.78 is 0. The number of carbonyl (C=O) groups excluding carboxylic acids is 2. The molecule has 0 aliphatic carbocycles. The molecule has 2 aliphatic rings. The number of hydrogen-bond acceptors (Lipinski definition) is 3. The second kappa shape index (κ2) is 6.52. The van der Waals surface area contributed by atoms with Crippen LogP contribution < -0.4 is 0 Å². The molecule has 1 unspecified atom stereocenters. The average molecular weight is 313 g/mol. The molecule has 1 aromatic heterocycles. The largest absolute Gasteiger partial charge is 0.336 e. The maximum atomic E-state index is 12.7. The van der Waals surface area contributed by atoms with Crippen molar-refractivity contribution in [2.45, 2.75) is 37.6 Å². The van der Waals surface area contributed by atoms with Crippen LogP contribution in [0.4, 0.5) is 0 Å². The lowest BCUT2D eigenvalue weighted by Crippen LogP contribution is -2.63. The van der Waals surface area contributed by atoms with Gasteiger partial charge in [-0.05, 0) is 37.8 Å². The first-order valence-corrected chi connectivity index (χ1v) is 8.27. The third-order valence-corrected chi connectivity index (χ3v) is 4.99. The highest BCUT2D eigenvalue weighted by Gasteiger charge is 2.45. The molecule has 0 radical (unpaired) electrons. The third-order valence-electron chi connectivity index (χ3n) is 4.99. The van der Waals surface area contributed by atoms with Crippen molar-refractivity contribution in [3.63, 3.8) is 0 Å². The van der Waals surface area contributed by atoms with Crippen molar-refractivity contribution in [3.05, 3.63) is 42.7 Å². The Bertz CT molecular complexity index is 598. The van der Waals surface area contributed by atoms with Crippen molar-refractivity contribution in [2.24, 2.45) is 0 Å². The minimum absolute atomic E-state index is 0.0306. The van der Waals surface area contributed by atoms with E-state index in [1.54, 1.807) is 30.6 Å². The van der Waals surface area contributed by atoms with E-state index in [4.69, 9.17) is 0 Å². The summed E-state index contributed by atoms with van der Waals surface area (Å²) in [6, 6.07) is 3.49. The molecular weight excluding hydrogens is 290 g/mol. The number of pyridine rings is 1. The van der Waals surface area contributed by atoms with Gasteiger partial charge in [-0.2, -0.15) is 0 Å². The number of aromatic nitrogens is 1. The van der Waals surface area contributed by atoms with Crippen LogP contribution >= 0.6 is 0 Å². The molecule has 2 saturated heterocycles. The Morgan fingerprint density at radius 3 is 2.78 bits per heavy atom. The second-order valence-electron chi connectivity index (χ2n) is 6.44. The zero-order valence-electron chi connectivity index (χ0n) is 13.4. The van der Waals surface area contributed by atoms with Gasteiger partial charge in [0, 0.05) is 44.0 Å². The van der Waals surface area contributed by atoms with E-state index in [2.05, 4.69) is 11.6 Å². The van der Waals surface area contributed by atoms with E-state index in [9.17, 15) is 9.59 Å². The summed E-state index contributed by atoms with van der Waals surface area (Å²) in [5, 5.41) is 0. The quantitative estimate of drug-likeness (QED) is 0.804. The smallest absolute Gasteiger partial charge is 0.254 e. The summed E-state index contributed by atoms with van der Waals surface area (Å²) in [4.78, 5) is 32.9. The first-order valence-electron chi connectivity index (χ1n) is 8.27. The summed E-state index contributed by atoms with van der Waals surface area (Å²) in [5.41, 5.74) is 0.444. The maximum absolute atomic E-state index is 12.7. The first kappa shape index (κ1) is 15.7. The van der Waals surface area contributed by atoms with Gasteiger partial charge in [0.05, 0.1) is 5.54 Å². The van der Waals surface area contributed by atoms with Gasteiger partial charge in [-0.25, -0.2) is 0 Å². The Morgan fingerprint density at radius 2 is 2.04 bits per heavy atom. The molecule has 0 aromatic carbocycles. The van der Waals surface area contributed by atoms with Crippen molar-refractivity contribution >= 4 is 11.8 Å². The molecule has 0 bridgehead atoms. The number of likely N-dealkylation sites (tertiary alicyclic amines) is 2. The van der Waals surface area contributed by atoms with E-state index < -0.39 is 0 Å². The van der Waals surface area contributed by atoms with E-state index in [0.29, 0.717) is 25.1 Å². The normalized spacial score (nSPS) is 24.8. The Morgan fingerprint density at radius 1 is 1.30 bits per heavy atom. The number of carbonyl (C=O) groups is 2. The molecule has 0 saturated carbocycles. The van der Waals surface area contributed by atoms with Gasteiger partial charge in [0.2, 0.25) is 5.91 Å². The van der Waals surface area contributed by atoms with Gasteiger partial charge in [-0.15, -0.1) is 6.58 Å². The Balaban J connectivity index is 1.82. The van der Waals surface area contributed by atoms with E-state index in [1.807, 2.05) is 9.80 Å². The lowest BCUT2D eigenvalue weighted by Gasteiger charge is -2.51. The van der Waals surface area contributed by atoms with Gasteiger partial charge in [-0.3, -0.25) is 14.6 Å². The topological polar surface area (TPSA) is 53.5 Å². The van der Waals surface area contributed by atoms with Crippen LogP contribution in [0.2, 0.25) is 0 Å². The fraction of sp³-hybridized carbons (Fsp3) is 0.500. The van der Waals surface area contributed by atoms with E-state index in [-0.39, 0.29) is 17.4 Å². The van der Waals surface area contributed by atoms with Crippen molar-refractivity contribution in [1.29, 1.82) is 0 Å². The summed E-state index contributed by atoms with van der Waals surface area (Å²) in [6.07, 6.45) is 9.44. The predicted octanol–water partition coefficient (Wildman–Crippen LogP) is 2.25. The standard InChI is InChI=1S/C18H23N3O2/c1-2-12-21-16(22)5-3-8-18(21)9-4-13-20(14-18)17(23)15-6-10-19-11-7-15/h2,6-7,10-11H,1,3-5,8-9,12-14H2. The van der Waals surface area contributed by atoms with Crippen LogP contribution in [0.15, 0.2) is 37.2 Å². The van der Waals surface area contributed by atoms with Crippen LogP contribution in [0.25, 0.3) is 0 Å². The van der Waals surface area contributed by atoms with Crippen LogP contribution in [0.5, 0.6) is 0 Å². The van der Waals surface area contributed by atoms with E-state index in [0.717, 1.165) is 32.2 Å². The molecule has 3 rings (SSSR count). The van der Waals surface area contributed by atoms with Crippen LogP contribution in [-0.4, -0.2) is 51.8 Å². The summed E-state index contributed by atoms with van der Waals surface area (Å²) in [5.74, 6) is 0.220. The SMILES string of the molecule is C=CCN1C(=O)CCCC12CCCN(C(=O)c1ccncc1)C2. The zero-order valence-corrected chi connectivity index (χ0v) is 13.4. The summed E-state index contributed by atoms with van der Waals surface area (Å²) in [6.45, 7) is 5.72. The molecule has 0 N–H and O–H groups in total. The number of rotatable bonds is 3. The molecule has 1 aromatic rings. The molecule has 3 heterocycles. The van der Waals surface area contributed by atoms with Gasteiger partial charge in [0.25, 0.3) is 5.91 Å². The molecule has 5 nitrogen and oxygen atoms in total. The van der Waals surface area contributed by atoms with Gasteiger partial charge in [0.15, 0.2) is 0 Å². The maximum Gasteiger partial charge on any atom is 0.254 e. The zero-order chi connectivity index (χ0) is 16.3. The first-order chi connectivity index (χ1) is 11.2. The number of hydrogen-bond donors (Lipinski definition) is 0. The van der Waals surface area contributed by atoms with Crippen molar-refractivity contribution in [1.82, 2.24) is 14.8 Å². The molecule has 2 amide bonds. The van der Waals surface area contributed by atoms with Crippen LogP contribution in [0.3, 0.4) is 0 Å². The highest BCUT2D eigenvalue weighted by Crippen LogP contribution is 2.37. The molecule has 122 valence electrons. The monoisotopic (exact) mass is 313 g/mol. The third kappa shape index (κ3) is 3.00. The number of piperidine rings is 2. The summed E-state index contributed by atoms with van der Waals surface area (Å²) in [7, 11) is 0. The minimum Gasteiger partial charge on any atom is -0.336 e. The molecule has 1 spiro atoms. The molecule has 23 heavy (non-hydrogen) atoms. The van der Waals surface area contributed by atoms with Crippen molar-refractivity contribution in [2.75, 3.05) is 19.6 Å². The fourth-order valence-electron chi connectivity index (χ4n) is 3.91. The van der Waals surface area contributed by atoms with Gasteiger partial charge >= 0.3 is 0 Å². The van der Waals surface area contributed by atoms with Gasteiger partial charge < -0.3 is 9.80 Å². The Kier molecular flexibility index (Phi) is 4.46. The van der Waals surface area contributed by atoms with Crippen LogP contribution in [0, 0.1) is 0 Å². The van der Waals surface area contributed by atoms with Crippen molar-refractivity contribution in [3.8, 4) is 0 Å². The molecule has 2 aliphatic heterocycles. The highest BCUT2D eigenvalue weighted by molar-refractivity contribution is 5.94. The van der Waals surface area contributed by atoms with E-state index >= 15 is 0 Å². The van der Waals surface area contributed by atoms with E-state index in [1.165, 1.54) is 0 Å². The lowest BCUT2D eigenvalue weighted by atomic mass is 9.79. The molecular formula is C18H23N3O2. The Labute approximate surface area is 137 Å². The predicted molar refractivity (Wildman–Crippen MR) is 87.9 cm³/mol. The number of nitrogens with zero attached hydrogens (tertiary/aromatic N) is 3. The second-order valence-corrected chi connectivity index (χ2v) is 6.44. The summed E-state index contributed by atoms with van der Waals surface area (Å²) >= 11 is 0. The van der Waals surface area contributed by atoms with Crippen LogP contribution in [-0.2, 0) is 4.79 Å². The lowest BCUT2D eigenvalue weighted by molar-refractivity contribution is -0.143. The highest BCUT2D eigenvalue weighted by atomic mass is 16.2. The van der Waals surface area contributed by atoms with Gasteiger partial charge in [0.1, 0.15) is 0 Å². The van der Waals surface area contributed by atoms with Gasteiger partial charge in [-0.1, -0.05) is 6.08 Å². The van der Waals surface area contributed by atoms with Crippen LogP contribution in [0.1, 0.15) is 42.5 Å². The fourth-order valence-corrected chi connectivity index (χ4v) is 3.91. The Hall–Kier alpha value is -2.17. The van der Waals surface area contributed by atoms with Crippen molar-refractivity contribution < 1.29 is 9.59 Å². The molecule has 5 heteroatoms. The average Bonchev–Trinajstić information content (AvgIpc) is 2.59. The molecule has 2 fully saturated rings. The minimum atomic E-state index is -0.218. The number of amides is 2. The molecule has 1 atom stereocenters.